The van der Waals surface area contributed by atoms with Crippen molar-refractivity contribution in [1.82, 2.24) is 4.31 Å². The van der Waals surface area contributed by atoms with E-state index in [0.717, 1.165) is 16.9 Å². The Kier molecular flexibility index (Phi) is 3.47. The molecule has 0 unspecified atom stereocenters. The molecular formula is C15H15NO3S2. The van der Waals surface area contributed by atoms with Gasteiger partial charge in [-0.25, -0.2) is 12.7 Å². The number of nitrogens with zero attached hydrogens (tertiary/aromatic N) is 1. The van der Waals surface area contributed by atoms with Crippen LogP contribution < -0.4 is 0 Å². The number of hydrogen-bond acceptors (Lipinski definition) is 4. The summed E-state index contributed by atoms with van der Waals surface area (Å²) in [6.07, 6.45) is 1.46. The fourth-order valence-corrected chi connectivity index (χ4v) is 5.12. The molecule has 0 spiro atoms. The molecule has 0 bridgehead atoms. The van der Waals surface area contributed by atoms with Gasteiger partial charge in [0.2, 0.25) is 0 Å². The average molecular weight is 321 g/mol. The number of carbonyl (C=O) groups is 1. The van der Waals surface area contributed by atoms with Crippen LogP contribution in [0, 0.1) is 0 Å². The van der Waals surface area contributed by atoms with Gasteiger partial charge in [0.1, 0.15) is 4.21 Å². The minimum atomic E-state index is -3.48. The van der Waals surface area contributed by atoms with E-state index in [9.17, 15) is 13.2 Å². The van der Waals surface area contributed by atoms with Crippen LogP contribution >= 0.6 is 11.3 Å². The van der Waals surface area contributed by atoms with E-state index in [2.05, 4.69) is 0 Å². The summed E-state index contributed by atoms with van der Waals surface area (Å²) in [6, 6.07) is 9.06. The summed E-state index contributed by atoms with van der Waals surface area (Å²) in [4.78, 5) is 13.5. The fourth-order valence-electron chi connectivity index (χ4n) is 2.44. The highest BCUT2D eigenvalue weighted by Gasteiger charge is 2.28. The zero-order valence-electron chi connectivity index (χ0n) is 11.8. The van der Waals surface area contributed by atoms with Crippen molar-refractivity contribution in [2.75, 3.05) is 14.1 Å². The Hall–Kier alpha value is -1.50. The van der Waals surface area contributed by atoms with Crippen molar-refractivity contribution in [2.24, 2.45) is 0 Å². The maximum absolute atomic E-state index is 12.6. The van der Waals surface area contributed by atoms with Gasteiger partial charge in [-0.15, -0.1) is 11.3 Å². The van der Waals surface area contributed by atoms with Gasteiger partial charge in [-0.05, 0) is 24.5 Å². The zero-order chi connectivity index (χ0) is 15.2. The van der Waals surface area contributed by atoms with Crippen LogP contribution in [0.5, 0.6) is 0 Å². The van der Waals surface area contributed by atoms with E-state index in [4.69, 9.17) is 0 Å². The molecule has 0 radical (unpaired) electrons. The Labute approximate surface area is 128 Å². The van der Waals surface area contributed by atoms with Gasteiger partial charge in [-0.3, -0.25) is 4.79 Å². The van der Waals surface area contributed by atoms with Crippen molar-refractivity contribution in [3.05, 3.63) is 51.9 Å². The summed E-state index contributed by atoms with van der Waals surface area (Å²) < 4.78 is 25.8. The van der Waals surface area contributed by atoms with Crippen LogP contribution in [0.1, 0.15) is 26.4 Å². The molecule has 21 heavy (non-hydrogen) atoms. The Morgan fingerprint density at radius 3 is 2.52 bits per heavy atom. The Balaban J connectivity index is 2.13. The van der Waals surface area contributed by atoms with E-state index in [1.54, 1.807) is 0 Å². The Morgan fingerprint density at radius 1 is 1.10 bits per heavy atom. The molecule has 1 heterocycles. The first kappa shape index (κ1) is 14.4. The van der Waals surface area contributed by atoms with Crippen LogP contribution in [-0.2, 0) is 22.9 Å². The molecule has 1 aromatic heterocycles. The van der Waals surface area contributed by atoms with Gasteiger partial charge in [-0.1, -0.05) is 24.3 Å². The Bertz CT molecular complexity index is 819. The van der Waals surface area contributed by atoms with Crippen LogP contribution in [0.3, 0.4) is 0 Å². The van der Waals surface area contributed by atoms with E-state index in [1.165, 1.54) is 35.8 Å². The van der Waals surface area contributed by atoms with Crippen molar-refractivity contribution >= 4 is 27.1 Å². The predicted molar refractivity (Wildman–Crippen MR) is 82.5 cm³/mol. The molecule has 6 heteroatoms. The molecule has 4 nitrogen and oxygen atoms in total. The second-order valence-electron chi connectivity index (χ2n) is 5.18. The molecular weight excluding hydrogens is 306 g/mol. The molecule has 0 atom stereocenters. The first-order valence-electron chi connectivity index (χ1n) is 6.59. The van der Waals surface area contributed by atoms with E-state index >= 15 is 0 Å². The van der Waals surface area contributed by atoms with E-state index in [0.29, 0.717) is 17.5 Å². The molecule has 2 aromatic rings. The third-order valence-electron chi connectivity index (χ3n) is 3.65. The number of benzene rings is 1. The fraction of sp³-hybridized carbons (Fsp3) is 0.267. The predicted octanol–water partition coefficient (Wildman–Crippen LogP) is 2.33. The van der Waals surface area contributed by atoms with Crippen LogP contribution in [0.4, 0.5) is 0 Å². The van der Waals surface area contributed by atoms with Crippen LogP contribution in [0.25, 0.3) is 0 Å². The minimum absolute atomic E-state index is 0.0745. The van der Waals surface area contributed by atoms with Gasteiger partial charge in [0.15, 0.2) is 5.78 Å². The number of aryl methyl sites for hydroxylation is 2. The number of thiophene rings is 1. The van der Waals surface area contributed by atoms with Crippen molar-refractivity contribution in [3.63, 3.8) is 0 Å². The Morgan fingerprint density at radius 2 is 1.81 bits per heavy atom. The molecule has 110 valence electrons. The van der Waals surface area contributed by atoms with Crippen molar-refractivity contribution in [2.45, 2.75) is 17.1 Å². The second kappa shape index (κ2) is 5.05. The lowest BCUT2D eigenvalue weighted by molar-refractivity contribution is 0.103. The van der Waals surface area contributed by atoms with E-state index in [-0.39, 0.29) is 9.99 Å². The molecule has 1 aliphatic rings. The smallest absolute Gasteiger partial charge is 0.252 e. The monoisotopic (exact) mass is 321 g/mol. The second-order valence-corrected chi connectivity index (χ2v) is 8.69. The first-order chi connectivity index (χ1) is 9.91. The normalized spacial score (nSPS) is 14.7. The number of carbonyl (C=O) groups excluding carboxylic acids is 1. The molecule has 1 aliphatic carbocycles. The molecule has 3 rings (SSSR count). The molecule has 0 amide bonds. The standard InChI is InChI=1S/C15H15NO3S2/c1-16(2)21(18,19)14-9-12-13(20-14)8-7-10-5-3-4-6-11(10)15(12)17/h3-6,9H,7-8H2,1-2H3. The summed E-state index contributed by atoms with van der Waals surface area (Å²) in [5.41, 5.74) is 2.25. The topological polar surface area (TPSA) is 54.5 Å². The third-order valence-corrected chi connectivity index (χ3v) is 7.11. The molecule has 0 N–H and O–H groups in total. The number of rotatable bonds is 2. The van der Waals surface area contributed by atoms with Crippen LogP contribution in [0.2, 0.25) is 0 Å². The first-order valence-corrected chi connectivity index (χ1v) is 8.85. The molecule has 0 aliphatic heterocycles. The van der Waals surface area contributed by atoms with Crippen LogP contribution in [0.15, 0.2) is 34.5 Å². The zero-order valence-corrected chi connectivity index (χ0v) is 13.4. The summed E-state index contributed by atoms with van der Waals surface area (Å²) in [5, 5.41) is 0. The third kappa shape index (κ3) is 2.33. The number of hydrogen-bond donors (Lipinski definition) is 0. The van der Waals surface area contributed by atoms with Gasteiger partial charge < -0.3 is 0 Å². The summed E-state index contributed by atoms with van der Waals surface area (Å²) >= 11 is 1.21. The summed E-state index contributed by atoms with van der Waals surface area (Å²) in [5.74, 6) is -0.0745. The van der Waals surface area contributed by atoms with E-state index < -0.39 is 10.0 Å². The highest BCUT2D eigenvalue weighted by Crippen LogP contribution is 2.33. The number of sulfonamides is 1. The van der Waals surface area contributed by atoms with Gasteiger partial charge >= 0.3 is 0 Å². The molecule has 0 saturated heterocycles. The van der Waals surface area contributed by atoms with Crippen molar-refractivity contribution in [3.8, 4) is 0 Å². The van der Waals surface area contributed by atoms with Gasteiger partial charge in [0.25, 0.3) is 10.0 Å². The quantitative estimate of drug-likeness (QED) is 0.853. The van der Waals surface area contributed by atoms with Crippen LogP contribution in [-0.4, -0.2) is 32.6 Å². The minimum Gasteiger partial charge on any atom is -0.289 e. The number of fused-ring (bicyclic) bond motifs is 2. The largest absolute Gasteiger partial charge is 0.289 e. The van der Waals surface area contributed by atoms with Crippen molar-refractivity contribution in [1.29, 1.82) is 0 Å². The molecule has 0 fully saturated rings. The SMILES string of the molecule is CN(C)S(=O)(=O)c1cc2c(s1)CCc1ccccc1C2=O. The lowest BCUT2D eigenvalue weighted by atomic mass is 10.0. The molecule has 0 saturated carbocycles. The number of ketones is 1. The molecule has 1 aromatic carbocycles. The lowest BCUT2D eigenvalue weighted by Gasteiger charge is -2.08. The maximum atomic E-state index is 12.6. The van der Waals surface area contributed by atoms with Gasteiger partial charge in [0, 0.05) is 30.1 Å². The highest BCUT2D eigenvalue weighted by atomic mass is 32.2. The van der Waals surface area contributed by atoms with Gasteiger partial charge in [0.05, 0.1) is 0 Å². The van der Waals surface area contributed by atoms with Gasteiger partial charge in [-0.2, -0.15) is 0 Å². The highest BCUT2D eigenvalue weighted by molar-refractivity contribution is 7.91. The summed E-state index contributed by atoms with van der Waals surface area (Å²) in [7, 11) is -0.489. The average Bonchev–Trinajstić information content (AvgIpc) is 2.84. The van der Waals surface area contributed by atoms with E-state index in [1.807, 2.05) is 24.3 Å². The summed E-state index contributed by atoms with van der Waals surface area (Å²) in [6.45, 7) is 0. The van der Waals surface area contributed by atoms with Crippen molar-refractivity contribution < 1.29 is 13.2 Å². The maximum Gasteiger partial charge on any atom is 0.252 e. The lowest BCUT2D eigenvalue weighted by Crippen LogP contribution is -2.21.